The fourth-order valence-electron chi connectivity index (χ4n) is 2.21. The van der Waals surface area contributed by atoms with Gasteiger partial charge >= 0.3 is 0 Å². The van der Waals surface area contributed by atoms with Gasteiger partial charge in [-0.1, -0.05) is 18.6 Å². The van der Waals surface area contributed by atoms with Crippen molar-refractivity contribution in [2.24, 2.45) is 0 Å². The molecule has 0 aromatic heterocycles. The second-order valence-electron chi connectivity index (χ2n) is 4.77. The first-order valence-electron chi connectivity index (χ1n) is 6.47. The maximum absolute atomic E-state index is 13.0. The summed E-state index contributed by atoms with van der Waals surface area (Å²) in [5.41, 5.74) is 1.81. The van der Waals surface area contributed by atoms with E-state index in [0.29, 0.717) is 6.04 Å². The van der Waals surface area contributed by atoms with Gasteiger partial charge in [0, 0.05) is 18.3 Å². The van der Waals surface area contributed by atoms with E-state index >= 15 is 0 Å². The van der Waals surface area contributed by atoms with E-state index in [4.69, 9.17) is 0 Å². The molecule has 0 amide bonds. The minimum Gasteiger partial charge on any atom is -0.383 e. The molecule has 0 aliphatic carbocycles. The topological polar surface area (TPSA) is 24.1 Å². The summed E-state index contributed by atoms with van der Waals surface area (Å²) in [6, 6.07) is 8.17. The van der Waals surface area contributed by atoms with E-state index in [1.54, 1.807) is 6.92 Å². The van der Waals surface area contributed by atoms with E-state index in [-0.39, 0.29) is 0 Å². The normalized spacial score (nSPS) is 22.1. The van der Waals surface area contributed by atoms with Gasteiger partial charge in [0.05, 0.1) is 0 Å². The quantitative estimate of drug-likeness (QED) is 0.838. The van der Waals surface area contributed by atoms with E-state index < -0.39 is 6.17 Å². The molecule has 0 spiro atoms. The predicted octanol–water partition coefficient (Wildman–Crippen LogP) is 3.27. The molecule has 1 fully saturated rings. The molecule has 2 nitrogen and oxygen atoms in total. The zero-order valence-corrected chi connectivity index (χ0v) is 10.4. The number of hydrogen-bond acceptors (Lipinski definition) is 2. The van der Waals surface area contributed by atoms with Crippen molar-refractivity contribution in [2.45, 2.75) is 38.4 Å². The van der Waals surface area contributed by atoms with Gasteiger partial charge in [-0.15, -0.1) is 0 Å². The third-order valence-electron chi connectivity index (χ3n) is 3.33. The average Bonchev–Trinajstić information content (AvgIpc) is 2.38. The zero-order chi connectivity index (χ0) is 12.1. The Morgan fingerprint density at radius 1 is 1.35 bits per heavy atom. The predicted molar refractivity (Wildman–Crippen MR) is 70.1 cm³/mol. The highest BCUT2D eigenvalue weighted by atomic mass is 19.1. The third-order valence-corrected chi connectivity index (χ3v) is 3.33. The molecule has 1 aliphatic heterocycles. The van der Waals surface area contributed by atoms with E-state index in [0.717, 1.165) is 24.3 Å². The summed E-state index contributed by atoms with van der Waals surface area (Å²) in [5.74, 6) is 0. The van der Waals surface area contributed by atoms with Crippen LogP contribution in [0.2, 0.25) is 0 Å². The van der Waals surface area contributed by atoms with Crippen LogP contribution in [0.15, 0.2) is 24.3 Å². The molecule has 1 aromatic carbocycles. The first kappa shape index (κ1) is 12.4. The van der Waals surface area contributed by atoms with Gasteiger partial charge in [-0.3, -0.25) is 0 Å². The molecule has 0 radical (unpaired) electrons. The van der Waals surface area contributed by atoms with Crippen molar-refractivity contribution >= 4 is 5.69 Å². The van der Waals surface area contributed by atoms with Gasteiger partial charge in [0.25, 0.3) is 0 Å². The molecule has 1 aliphatic rings. The fraction of sp³-hybridized carbons (Fsp3) is 0.571. The number of anilines is 1. The van der Waals surface area contributed by atoms with Crippen molar-refractivity contribution in [3.05, 3.63) is 29.8 Å². The molecule has 1 heterocycles. The Hall–Kier alpha value is -1.09. The molecule has 0 saturated carbocycles. The second-order valence-corrected chi connectivity index (χ2v) is 4.77. The van der Waals surface area contributed by atoms with Crippen LogP contribution in [0.25, 0.3) is 0 Å². The summed E-state index contributed by atoms with van der Waals surface area (Å²) in [6.45, 7) is 3.64. The van der Waals surface area contributed by atoms with E-state index in [1.807, 2.05) is 24.3 Å². The number of benzene rings is 1. The van der Waals surface area contributed by atoms with Crippen LogP contribution < -0.4 is 10.6 Å². The Morgan fingerprint density at radius 2 is 2.12 bits per heavy atom. The lowest BCUT2D eigenvalue weighted by atomic mass is 10.0. The smallest absolute Gasteiger partial charge is 0.122 e. The Labute approximate surface area is 103 Å². The van der Waals surface area contributed by atoms with Crippen LogP contribution in [0.1, 0.15) is 37.9 Å². The summed E-state index contributed by atoms with van der Waals surface area (Å²) in [5, 5.41) is 6.89. The number of alkyl halides is 1. The lowest BCUT2D eigenvalue weighted by Gasteiger charge is -2.24. The first-order chi connectivity index (χ1) is 8.25. The van der Waals surface area contributed by atoms with Crippen LogP contribution in [0, 0.1) is 0 Å². The summed E-state index contributed by atoms with van der Waals surface area (Å²) in [4.78, 5) is 0. The third kappa shape index (κ3) is 3.70. The highest BCUT2D eigenvalue weighted by molar-refractivity contribution is 5.45. The number of hydrogen-bond donors (Lipinski definition) is 2. The number of piperidine rings is 1. The molecule has 0 bridgehead atoms. The Morgan fingerprint density at radius 3 is 2.71 bits per heavy atom. The van der Waals surface area contributed by atoms with Crippen molar-refractivity contribution in [3.8, 4) is 0 Å². The summed E-state index contributed by atoms with van der Waals surface area (Å²) in [6.07, 6.45) is 2.97. The van der Waals surface area contributed by atoms with Crippen LogP contribution in [0.5, 0.6) is 0 Å². The molecule has 1 aromatic rings. The Balaban J connectivity index is 1.82. The minimum absolute atomic E-state index is 0.573. The van der Waals surface area contributed by atoms with Gasteiger partial charge in [-0.05, 0) is 44.0 Å². The molecular weight excluding hydrogens is 215 g/mol. The lowest BCUT2D eigenvalue weighted by Crippen LogP contribution is -2.39. The monoisotopic (exact) mass is 236 g/mol. The largest absolute Gasteiger partial charge is 0.383 e. The van der Waals surface area contributed by atoms with E-state index in [1.165, 1.54) is 19.3 Å². The van der Waals surface area contributed by atoms with Gasteiger partial charge in [0.2, 0.25) is 0 Å². The van der Waals surface area contributed by atoms with Gasteiger partial charge in [0.15, 0.2) is 0 Å². The molecule has 2 unspecified atom stereocenters. The van der Waals surface area contributed by atoms with Crippen LogP contribution >= 0.6 is 0 Å². The minimum atomic E-state index is -0.885. The van der Waals surface area contributed by atoms with Crippen LogP contribution in [-0.2, 0) is 0 Å². The summed E-state index contributed by atoms with van der Waals surface area (Å²) >= 11 is 0. The van der Waals surface area contributed by atoms with E-state index in [2.05, 4.69) is 10.6 Å². The highest BCUT2D eigenvalue weighted by Gasteiger charge is 2.11. The molecular formula is C14H21FN2. The molecule has 17 heavy (non-hydrogen) atoms. The Bertz CT molecular complexity index is 329. The molecule has 94 valence electrons. The SMILES string of the molecule is CC(F)c1ccc(NCC2CCCCN2)cc1. The van der Waals surface area contributed by atoms with Gasteiger partial charge < -0.3 is 10.6 Å². The maximum Gasteiger partial charge on any atom is 0.122 e. The number of rotatable bonds is 4. The first-order valence-corrected chi connectivity index (χ1v) is 6.47. The van der Waals surface area contributed by atoms with E-state index in [9.17, 15) is 4.39 Å². The molecule has 3 heteroatoms. The number of halogens is 1. The van der Waals surface area contributed by atoms with Crippen LogP contribution in [0.3, 0.4) is 0 Å². The van der Waals surface area contributed by atoms with Crippen LogP contribution in [0.4, 0.5) is 10.1 Å². The van der Waals surface area contributed by atoms with Crippen LogP contribution in [-0.4, -0.2) is 19.1 Å². The molecule has 2 N–H and O–H groups in total. The summed E-state index contributed by atoms with van der Waals surface area (Å²) < 4.78 is 13.0. The zero-order valence-electron chi connectivity index (χ0n) is 10.4. The van der Waals surface area contributed by atoms with Gasteiger partial charge in [-0.25, -0.2) is 4.39 Å². The standard InChI is InChI=1S/C14H21FN2/c1-11(15)12-5-7-13(8-6-12)17-10-14-4-2-3-9-16-14/h5-8,11,14,16-17H,2-4,9-10H2,1H3. The van der Waals surface area contributed by atoms with Crippen molar-refractivity contribution in [3.63, 3.8) is 0 Å². The highest BCUT2D eigenvalue weighted by Crippen LogP contribution is 2.18. The molecule has 2 atom stereocenters. The lowest BCUT2D eigenvalue weighted by molar-refractivity contribution is 0.374. The molecule has 2 rings (SSSR count). The number of nitrogens with one attached hydrogen (secondary N) is 2. The average molecular weight is 236 g/mol. The Kier molecular flexibility index (Phi) is 4.37. The summed E-state index contributed by atoms with van der Waals surface area (Å²) in [7, 11) is 0. The fourth-order valence-corrected chi connectivity index (χ4v) is 2.21. The molecule has 1 saturated heterocycles. The second kappa shape index (κ2) is 6.01. The van der Waals surface area contributed by atoms with Crippen molar-refractivity contribution in [1.29, 1.82) is 0 Å². The van der Waals surface area contributed by atoms with Gasteiger partial charge in [0.1, 0.15) is 6.17 Å². The maximum atomic E-state index is 13.0. The van der Waals surface area contributed by atoms with Crippen molar-refractivity contribution in [1.82, 2.24) is 5.32 Å². The van der Waals surface area contributed by atoms with Crippen molar-refractivity contribution in [2.75, 3.05) is 18.4 Å². The van der Waals surface area contributed by atoms with Crippen molar-refractivity contribution < 1.29 is 4.39 Å². The van der Waals surface area contributed by atoms with Gasteiger partial charge in [-0.2, -0.15) is 0 Å².